The predicted molar refractivity (Wildman–Crippen MR) is 94.7 cm³/mol. The third-order valence-corrected chi connectivity index (χ3v) is 4.71. The Kier molecular flexibility index (Phi) is 6.00. The minimum absolute atomic E-state index is 0.345. The molecule has 0 aromatic rings. The lowest BCUT2D eigenvalue weighted by molar-refractivity contribution is -0.126. The number of urea groups is 1. The number of amidine groups is 1. The molecule has 1 fully saturated rings. The number of halogens is 2. The van der Waals surface area contributed by atoms with E-state index in [9.17, 15) is 9.59 Å². The van der Waals surface area contributed by atoms with Crippen molar-refractivity contribution in [3.8, 4) is 0 Å². The Bertz CT molecular complexity index is 598. The number of amides is 3. The Morgan fingerprint density at radius 3 is 2.57 bits per heavy atom. The standard InChI is InChI=1S/C14H18Cl2N4O2S/c1-8(15)4-6-20-10-11(19(3)13(22)18-12(10)21)17-14(20)23-7-5-9(2)16/h4-5,10-11H,6-7H2,1-3H3,(H,18,21,22)/b8-4+,9-5-. The highest BCUT2D eigenvalue weighted by Gasteiger charge is 2.48. The van der Waals surface area contributed by atoms with Gasteiger partial charge in [0.15, 0.2) is 17.4 Å². The van der Waals surface area contributed by atoms with Crippen LogP contribution in [-0.2, 0) is 4.79 Å². The van der Waals surface area contributed by atoms with Gasteiger partial charge in [-0.25, -0.2) is 9.79 Å². The van der Waals surface area contributed by atoms with Crippen LogP contribution in [0.15, 0.2) is 27.2 Å². The van der Waals surface area contributed by atoms with E-state index in [4.69, 9.17) is 23.2 Å². The number of carbonyl (C=O) groups is 2. The summed E-state index contributed by atoms with van der Waals surface area (Å²) in [4.78, 5) is 31.9. The number of carbonyl (C=O) groups excluding carboxylic acids is 2. The number of thioether (sulfide) groups is 1. The summed E-state index contributed by atoms with van der Waals surface area (Å²) in [7, 11) is 1.63. The van der Waals surface area contributed by atoms with Crippen molar-refractivity contribution < 1.29 is 9.59 Å². The normalized spacial score (nSPS) is 25.5. The molecule has 2 atom stereocenters. The van der Waals surface area contributed by atoms with Crippen LogP contribution in [0.3, 0.4) is 0 Å². The van der Waals surface area contributed by atoms with Crippen LogP contribution in [0.25, 0.3) is 0 Å². The Morgan fingerprint density at radius 2 is 1.96 bits per heavy atom. The first-order valence-electron chi connectivity index (χ1n) is 7.00. The van der Waals surface area contributed by atoms with Gasteiger partial charge in [0.05, 0.1) is 0 Å². The average molecular weight is 377 g/mol. The van der Waals surface area contributed by atoms with E-state index >= 15 is 0 Å². The van der Waals surface area contributed by atoms with Crippen LogP contribution in [0, 0.1) is 0 Å². The molecular weight excluding hydrogens is 359 g/mol. The molecular formula is C14H18Cl2N4O2S. The molecule has 0 aliphatic carbocycles. The summed E-state index contributed by atoms with van der Waals surface area (Å²) < 4.78 is 0. The molecule has 0 aromatic carbocycles. The van der Waals surface area contributed by atoms with Gasteiger partial charge in [-0.1, -0.05) is 47.1 Å². The number of likely N-dealkylation sites (N-methyl/N-ethyl adjacent to an activating group) is 1. The lowest BCUT2D eigenvalue weighted by Gasteiger charge is -2.35. The highest BCUT2D eigenvalue weighted by atomic mass is 35.5. The number of nitrogens with zero attached hydrogens (tertiary/aromatic N) is 3. The topological polar surface area (TPSA) is 65.0 Å². The predicted octanol–water partition coefficient (Wildman–Crippen LogP) is 2.55. The number of imide groups is 1. The summed E-state index contributed by atoms with van der Waals surface area (Å²) in [6, 6.07) is -0.986. The number of hydrogen-bond donors (Lipinski definition) is 1. The van der Waals surface area contributed by atoms with Gasteiger partial charge in [0.2, 0.25) is 0 Å². The van der Waals surface area contributed by atoms with E-state index in [1.54, 1.807) is 20.9 Å². The molecule has 2 aliphatic rings. The van der Waals surface area contributed by atoms with E-state index in [2.05, 4.69) is 10.3 Å². The van der Waals surface area contributed by atoms with E-state index in [1.807, 2.05) is 17.1 Å². The molecule has 1 N–H and O–H groups in total. The maximum atomic E-state index is 12.2. The van der Waals surface area contributed by atoms with Gasteiger partial charge < -0.3 is 9.80 Å². The van der Waals surface area contributed by atoms with Crippen LogP contribution in [0.1, 0.15) is 13.8 Å². The molecule has 6 nitrogen and oxygen atoms in total. The Morgan fingerprint density at radius 1 is 1.30 bits per heavy atom. The summed E-state index contributed by atoms with van der Waals surface area (Å²) in [5.74, 6) is 0.287. The van der Waals surface area contributed by atoms with Gasteiger partial charge in [-0.15, -0.1) is 0 Å². The first kappa shape index (κ1) is 18.2. The zero-order chi connectivity index (χ0) is 17.1. The lowest BCUT2D eigenvalue weighted by atomic mass is 10.1. The minimum atomic E-state index is -0.548. The summed E-state index contributed by atoms with van der Waals surface area (Å²) >= 11 is 13.2. The summed E-state index contributed by atoms with van der Waals surface area (Å²) in [6.45, 7) is 4.02. The molecule has 0 bridgehead atoms. The van der Waals surface area contributed by atoms with E-state index in [0.29, 0.717) is 27.5 Å². The second kappa shape index (κ2) is 7.59. The Labute approximate surface area is 149 Å². The second-order valence-electron chi connectivity index (χ2n) is 5.22. The molecule has 2 unspecified atom stereocenters. The second-order valence-corrected chi connectivity index (χ2v) is 7.40. The maximum absolute atomic E-state index is 12.2. The van der Waals surface area contributed by atoms with Gasteiger partial charge in [-0.2, -0.15) is 0 Å². The zero-order valence-corrected chi connectivity index (χ0v) is 15.4. The average Bonchev–Trinajstić information content (AvgIpc) is 2.81. The van der Waals surface area contributed by atoms with E-state index in [0.717, 1.165) is 0 Å². The summed E-state index contributed by atoms with van der Waals surface area (Å²) in [5.41, 5.74) is 0. The van der Waals surface area contributed by atoms with Crippen molar-refractivity contribution in [2.75, 3.05) is 19.3 Å². The van der Waals surface area contributed by atoms with Gasteiger partial charge in [0.25, 0.3) is 5.91 Å². The van der Waals surface area contributed by atoms with Crippen LogP contribution in [0.2, 0.25) is 0 Å². The highest BCUT2D eigenvalue weighted by molar-refractivity contribution is 8.13. The van der Waals surface area contributed by atoms with Crippen molar-refractivity contribution in [2.24, 2.45) is 4.99 Å². The number of aliphatic imine (C=N–C) groups is 1. The van der Waals surface area contributed by atoms with Crippen LogP contribution >= 0.6 is 35.0 Å². The van der Waals surface area contributed by atoms with Crippen molar-refractivity contribution in [1.29, 1.82) is 0 Å². The quantitative estimate of drug-likeness (QED) is 0.818. The molecule has 0 saturated carbocycles. The van der Waals surface area contributed by atoms with Crippen molar-refractivity contribution in [3.63, 3.8) is 0 Å². The van der Waals surface area contributed by atoms with Crippen molar-refractivity contribution in [2.45, 2.75) is 26.1 Å². The maximum Gasteiger partial charge on any atom is 0.325 e. The molecule has 2 aliphatic heterocycles. The van der Waals surface area contributed by atoms with Gasteiger partial charge >= 0.3 is 6.03 Å². The number of fused-ring (bicyclic) bond motifs is 1. The molecule has 3 amide bonds. The van der Waals surface area contributed by atoms with E-state index < -0.39 is 18.2 Å². The molecule has 1 saturated heterocycles. The SMILES string of the molecule is C/C(Cl)=C/CSC1=NC2C(C(=O)NC(=O)N2C)N1C/C=C(\C)Cl. The van der Waals surface area contributed by atoms with Crippen molar-refractivity contribution in [1.82, 2.24) is 15.1 Å². The summed E-state index contributed by atoms with van der Waals surface area (Å²) in [6.07, 6.45) is 3.16. The molecule has 9 heteroatoms. The number of nitrogens with one attached hydrogen (secondary N) is 1. The van der Waals surface area contributed by atoms with E-state index in [-0.39, 0.29) is 5.91 Å². The van der Waals surface area contributed by atoms with Gasteiger partial charge in [0.1, 0.15) is 0 Å². The van der Waals surface area contributed by atoms with Crippen molar-refractivity contribution in [3.05, 3.63) is 22.2 Å². The third kappa shape index (κ3) is 4.22. The van der Waals surface area contributed by atoms with Crippen LogP contribution < -0.4 is 5.32 Å². The van der Waals surface area contributed by atoms with E-state index in [1.165, 1.54) is 16.7 Å². The number of rotatable bonds is 4. The third-order valence-electron chi connectivity index (χ3n) is 3.47. The molecule has 0 radical (unpaired) electrons. The highest BCUT2D eigenvalue weighted by Crippen LogP contribution is 2.28. The Balaban J connectivity index is 2.24. The smallest absolute Gasteiger partial charge is 0.325 e. The van der Waals surface area contributed by atoms with Crippen LogP contribution in [0.5, 0.6) is 0 Å². The molecule has 0 aromatic heterocycles. The minimum Gasteiger partial charge on any atom is -0.332 e. The van der Waals surface area contributed by atoms with Gasteiger partial charge in [-0.3, -0.25) is 10.1 Å². The molecule has 126 valence electrons. The lowest BCUT2D eigenvalue weighted by Crippen LogP contribution is -2.63. The van der Waals surface area contributed by atoms with Crippen LogP contribution in [0.4, 0.5) is 4.79 Å². The largest absolute Gasteiger partial charge is 0.332 e. The molecule has 2 heterocycles. The first-order valence-corrected chi connectivity index (χ1v) is 8.75. The molecule has 23 heavy (non-hydrogen) atoms. The molecule has 0 spiro atoms. The monoisotopic (exact) mass is 376 g/mol. The first-order chi connectivity index (χ1) is 10.8. The zero-order valence-electron chi connectivity index (χ0n) is 13.0. The summed E-state index contributed by atoms with van der Waals surface area (Å²) in [5, 5.41) is 4.37. The Hall–Kier alpha value is -1.18. The molecule has 2 rings (SSSR count). The fraction of sp³-hybridized carbons (Fsp3) is 0.500. The van der Waals surface area contributed by atoms with Gasteiger partial charge in [-0.05, 0) is 13.8 Å². The fourth-order valence-electron chi connectivity index (χ4n) is 2.27. The number of hydrogen-bond acceptors (Lipinski definition) is 5. The van der Waals surface area contributed by atoms with Crippen LogP contribution in [-0.4, -0.2) is 58.5 Å². The number of allylic oxidation sites excluding steroid dienone is 2. The van der Waals surface area contributed by atoms with Crippen molar-refractivity contribution >= 4 is 52.1 Å². The van der Waals surface area contributed by atoms with Gasteiger partial charge in [0, 0.05) is 29.4 Å². The fourth-order valence-corrected chi connectivity index (χ4v) is 3.52.